The lowest BCUT2D eigenvalue weighted by Crippen LogP contribution is -2.61. The van der Waals surface area contributed by atoms with Gasteiger partial charge in [-0.3, -0.25) is 0 Å². The van der Waals surface area contributed by atoms with Gasteiger partial charge in [-0.15, -0.1) is 0 Å². The summed E-state index contributed by atoms with van der Waals surface area (Å²) in [4.78, 5) is 11.2. The molecular formula is C18H20N2O8S. The van der Waals surface area contributed by atoms with E-state index in [2.05, 4.69) is 5.32 Å². The highest BCUT2D eigenvalue weighted by Gasteiger charge is 2.46. The third kappa shape index (κ3) is 4.18. The molecule has 0 amide bonds. The van der Waals surface area contributed by atoms with E-state index in [1.807, 2.05) is 0 Å². The smallest absolute Gasteiger partial charge is 0.335 e. The van der Waals surface area contributed by atoms with Crippen LogP contribution >= 0.6 is 0 Å². The van der Waals surface area contributed by atoms with Gasteiger partial charge in [0.1, 0.15) is 18.3 Å². The molecule has 1 saturated heterocycles. The Balaban J connectivity index is 1.78. The number of benzene rings is 2. The Labute approximate surface area is 166 Å². The van der Waals surface area contributed by atoms with Crippen LogP contribution in [0.3, 0.4) is 0 Å². The number of sulfone groups is 1. The molecule has 10 nitrogen and oxygen atoms in total. The maximum atomic E-state index is 12.6. The number of carboxylic acid groups (broad SMARTS) is 1. The lowest BCUT2D eigenvalue weighted by molar-refractivity contribution is -0.221. The molecule has 0 spiro atoms. The number of nitrogens with one attached hydrogen (secondary N) is 1. The molecule has 0 aliphatic carbocycles. The number of ether oxygens (including phenoxy) is 1. The van der Waals surface area contributed by atoms with Crippen molar-refractivity contribution in [1.82, 2.24) is 0 Å². The molecule has 3 rings (SSSR count). The summed E-state index contributed by atoms with van der Waals surface area (Å²) in [5, 5.41) is 41.3. The first-order valence-electron chi connectivity index (χ1n) is 8.51. The van der Waals surface area contributed by atoms with Crippen LogP contribution in [0.5, 0.6) is 0 Å². The van der Waals surface area contributed by atoms with Crippen LogP contribution in [0.1, 0.15) is 0 Å². The van der Waals surface area contributed by atoms with Gasteiger partial charge in [0.25, 0.3) is 0 Å². The van der Waals surface area contributed by atoms with Crippen LogP contribution < -0.4 is 11.1 Å². The molecule has 2 aromatic carbocycles. The third-order valence-electron chi connectivity index (χ3n) is 4.52. The second-order valence-electron chi connectivity index (χ2n) is 6.53. The number of rotatable bonds is 5. The molecule has 156 valence electrons. The van der Waals surface area contributed by atoms with E-state index >= 15 is 0 Å². The fourth-order valence-electron chi connectivity index (χ4n) is 2.88. The second-order valence-corrected chi connectivity index (χ2v) is 8.48. The van der Waals surface area contributed by atoms with Crippen LogP contribution in [0.15, 0.2) is 58.3 Å². The van der Waals surface area contributed by atoms with E-state index in [-0.39, 0.29) is 9.79 Å². The molecule has 1 aliphatic heterocycles. The maximum absolute atomic E-state index is 12.6. The standard InChI is InChI=1S/C18H20N2O8S/c19-9-1-5-11(6-2-9)29(26,27)12-7-3-10(4-8-12)20-17-15(23)13(21)14(22)16(28-17)18(24)25/h1-8,13-17,20-23H,19H2,(H,24,25)/t13-,14-,15+,16-,17+/m0/s1. The van der Waals surface area contributed by atoms with E-state index in [0.717, 1.165) is 0 Å². The summed E-state index contributed by atoms with van der Waals surface area (Å²) in [5.74, 6) is -1.50. The molecule has 29 heavy (non-hydrogen) atoms. The number of aliphatic carboxylic acids is 1. The van der Waals surface area contributed by atoms with Crippen molar-refractivity contribution in [2.24, 2.45) is 0 Å². The zero-order valence-corrected chi connectivity index (χ0v) is 15.7. The normalized spacial score (nSPS) is 27.3. The quantitative estimate of drug-likeness (QED) is 0.340. The number of nitrogen functional groups attached to an aromatic ring is 1. The fourth-order valence-corrected chi connectivity index (χ4v) is 4.14. The van der Waals surface area contributed by atoms with Gasteiger partial charge < -0.3 is 36.2 Å². The summed E-state index contributed by atoms with van der Waals surface area (Å²) >= 11 is 0. The van der Waals surface area contributed by atoms with Crippen LogP contribution in [-0.2, 0) is 19.4 Å². The van der Waals surface area contributed by atoms with E-state index in [9.17, 15) is 28.5 Å². The molecule has 2 aromatic rings. The average Bonchev–Trinajstić information content (AvgIpc) is 2.69. The Hall–Kier alpha value is -2.70. The van der Waals surface area contributed by atoms with E-state index < -0.39 is 46.5 Å². The van der Waals surface area contributed by atoms with E-state index in [1.54, 1.807) is 0 Å². The van der Waals surface area contributed by atoms with Crippen molar-refractivity contribution >= 4 is 27.2 Å². The first kappa shape index (κ1) is 21.0. The third-order valence-corrected chi connectivity index (χ3v) is 6.31. The summed E-state index contributed by atoms with van der Waals surface area (Å²) in [6.07, 6.45) is -8.23. The number of aliphatic hydroxyl groups excluding tert-OH is 3. The number of hydrogen-bond acceptors (Lipinski definition) is 9. The van der Waals surface area contributed by atoms with Crippen molar-refractivity contribution in [2.75, 3.05) is 11.1 Å². The van der Waals surface area contributed by atoms with Crippen LogP contribution in [-0.4, -0.2) is 65.5 Å². The summed E-state index contributed by atoms with van der Waals surface area (Å²) in [6.45, 7) is 0. The topological polar surface area (TPSA) is 179 Å². The highest BCUT2D eigenvalue weighted by Crippen LogP contribution is 2.26. The van der Waals surface area contributed by atoms with Gasteiger partial charge in [0.15, 0.2) is 12.3 Å². The highest BCUT2D eigenvalue weighted by atomic mass is 32.2. The van der Waals surface area contributed by atoms with Crippen molar-refractivity contribution in [2.45, 2.75) is 40.4 Å². The first-order chi connectivity index (χ1) is 13.6. The van der Waals surface area contributed by atoms with E-state index in [4.69, 9.17) is 15.6 Å². The van der Waals surface area contributed by atoms with Crippen LogP contribution in [0.2, 0.25) is 0 Å². The average molecular weight is 424 g/mol. The van der Waals surface area contributed by atoms with Gasteiger partial charge >= 0.3 is 5.97 Å². The molecule has 1 fully saturated rings. The van der Waals surface area contributed by atoms with Gasteiger partial charge in [-0.1, -0.05) is 0 Å². The molecule has 0 aromatic heterocycles. The van der Waals surface area contributed by atoms with Gasteiger partial charge in [0.2, 0.25) is 9.84 Å². The number of nitrogens with two attached hydrogens (primary N) is 1. The van der Waals surface area contributed by atoms with Gasteiger partial charge in [-0.2, -0.15) is 0 Å². The molecule has 0 bridgehead atoms. The molecule has 1 heterocycles. The largest absolute Gasteiger partial charge is 0.479 e. The number of aliphatic hydroxyl groups is 3. The minimum absolute atomic E-state index is 0.0109. The van der Waals surface area contributed by atoms with Crippen molar-refractivity contribution < 1.29 is 38.4 Å². The number of carboxylic acids is 1. The fraction of sp³-hybridized carbons (Fsp3) is 0.278. The summed E-state index contributed by atoms with van der Waals surface area (Å²) in [6, 6.07) is 11.2. The summed E-state index contributed by atoms with van der Waals surface area (Å²) < 4.78 is 30.4. The molecule has 5 atom stereocenters. The van der Waals surface area contributed by atoms with Crippen LogP contribution in [0.4, 0.5) is 11.4 Å². The Kier molecular flexibility index (Phi) is 5.78. The number of carbonyl (C=O) groups is 1. The predicted molar refractivity (Wildman–Crippen MR) is 101 cm³/mol. The second kappa shape index (κ2) is 7.97. The lowest BCUT2D eigenvalue weighted by atomic mass is 9.98. The number of anilines is 2. The summed E-state index contributed by atoms with van der Waals surface area (Å²) in [5.41, 5.74) is 6.31. The number of hydrogen-bond donors (Lipinski definition) is 6. The molecule has 0 saturated carbocycles. The molecular weight excluding hydrogens is 404 g/mol. The van der Waals surface area contributed by atoms with Gasteiger partial charge in [0.05, 0.1) is 9.79 Å². The van der Waals surface area contributed by atoms with Crippen LogP contribution in [0, 0.1) is 0 Å². The Bertz CT molecular complexity index is 978. The Morgan fingerprint density at radius 2 is 1.41 bits per heavy atom. The monoisotopic (exact) mass is 424 g/mol. The molecule has 0 unspecified atom stereocenters. The van der Waals surface area contributed by atoms with Crippen molar-refractivity contribution in [3.8, 4) is 0 Å². The van der Waals surface area contributed by atoms with Gasteiger partial charge in [0, 0.05) is 11.4 Å². The first-order valence-corrected chi connectivity index (χ1v) is 9.99. The summed E-state index contributed by atoms with van der Waals surface area (Å²) in [7, 11) is -3.77. The van der Waals surface area contributed by atoms with Gasteiger partial charge in [-0.25, -0.2) is 13.2 Å². The van der Waals surface area contributed by atoms with Crippen molar-refractivity contribution in [3.05, 3.63) is 48.5 Å². The van der Waals surface area contributed by atoms with E-state index in [1.165, 1.54) is 48.5 Å². The van der Waals surface area contributed by atoms with Crippen LogP contribution in [0.25, 0.3) is 0 Å². The minimum Gasteiger partial charge on any atom is -0.479 e. The zero-order chi connectivity index (χ0) is 21.3. The zero-order valence-electron chi connectivity index (χ0n) is 14.9. The van der Waals surface area contributed by atoms with Crippen molar-refractivity contribution in [3.63, 3.8) is 0 Å². The molecule has 7 N–H and O–H groups in total. The minimum atomic E-state index is -3.77. The SMILES string of the molecule is Nc1ccc(S(=O)(=O)c2ccc(N[C@@H]3O[C@H](C(=O)O)[C@@H](O)[C@H](O)[C@H]3O)cc2)cc1. The Morgan fingerprint density at radius 3 is 1.93 bits per heavy atom. The Morgan fingerprint density at radius 1 is 0.897 bits per heavy atom. The molecule has 1 aliphatic rings. The highest BCUT2D eigenvalue weighted by molar-refractivity contribution is 7.91. The predicted octanol–water partition coefficient (Wildman–Crippen LogP) is -0.594. The lowest BCUT2D eigenvalue weighted by Gasteiger charge is -2.39. The van der Waals surface area contributed by atoms with Gasteiger partial charge in [-0.05, 0) is 48.5 Å². The van der Waals surface area contributed by atoms with Crippen molar-refractivity contribution in [1.29, 1.82) is 0 Å². The molecule has 0 radical (unpaired) electrons. The molecule has 11 heteroatoms. The maximum Gasteiger partial charge on any atom is 0.335 e. The van der Waals surface area contributed by atoms with E-state index in [0.29, 0.717) is 11.4 Å².